The molecule has 0 saturated carbocycles. The minimum absolute atomic E-state index is 0.0868. The van der Waals surface area contributed by atoms with Gasteiger partial charge in [0.25, 0.3) is 0 Å². The summed E-state index contributed by atoms with van der Waals surface area (Å²) < 4.78 is 16.9. The highest BCUT2D eigenvalue weighted by Gasteiger charge is 2.19. The van der Waals surface area contributed by atoms with Crippen LogP contribution in [0.15, 0.2) is 60.8 Å². The van der Waals surface area contributed by atoms with E-state index < -0.39 is 6.10 Å². The number of hydrogen-bond acceptors (Lipinski definition) is 6. The van der Waals surface area contributed by atoms with E-state index in [1.807, 2.05) is 0 Å². The molecule has 79 heavy (non-hydrogen) atoms. The van der Waals surface area contributed by atoms with Crippen LogP contribution in [0.3, 0.4) is 0 Å². The third-order valence-electron chi connectivity index (χ3n) is 15.5. The number of esters is 3. The first-order valence-electron chi connectivity index (χ1n) is 34.8. The standard InChI is InChI=1S/C73H132O6/c1-4-7-10-13-16-19-22-25-28-31-33-34-35-36-37-38-39-40-43-45-48-51-54-57-60-63-66-72(75)78-69-70(68-77-71(74)65-62-59-56-53-50-47-44-41-30-27-24-21-18-15-12-9-6-3)79-73(76)67-64-61-58-55-52-49-46-42-32-29-26-23-20-17-14-11-8-5-2/h9,12,18,21,27,30,44,47,53,56,70H,4-8,10-11,13-17,19-20,22-26,28-29,31-43,45-46,48-52,54-55,57-69H2,1-3H3/b12-9-,21-18-,30-27-,47-44-,56-53-. The topological polar surface area (TPSA) is 78.9 Å². The Labute approximate surface area is 491 Å². The largest absolute Gasteiger partial charge is 0.462 e. The van der Waals surface area contributed by atoms with Gasteiger partial charge in [-0.3, -0.25) is 14.4 Å². The van der Waals surface area contributed by atoms with E-state index >= 15 is 0 Å². The Morgan fingerprint density at radius 2 is 0.494 bits per heavy atom. The summed E-state index contributed by atoms with van der Waals surface area (Å²) >= 11 is 0. The summed E-state index contributed by atoms with van der Waals surface area (Å²) in [6, 6.07) is 0. The van der Waals surface area contributed by atoms with E-state index in [0.717, 1.165) is 77.0 Å². The van der Waals surface area contributed by atoms with E-state index in [1.165, 1.54) is 244 Å². The molecule has 0 fully saturated rings. The molecule has 6 nitrogen and oxygen atoms in total. The number of rotatable bonds is 64. The van der Waals surface area contributed by atoms with Gasteiger partial charge < -0.3 is 14.2 Å². The van der Waals surface area contributed by atoms with Crippen LogP contribution in [0.4, 0.5) is 0 Å². The molecule has 0 aromatic carbocycles. The molecule has 0 aliphatic carbocycles. The second-order valence-electron chi connectivity index (χ2n) is 23.4. The lowest BCUT2D eigenvalue weighted by Crippen LogP contribution is -2.30. The van der Waals surface area contributed by atoms with E-state index in [1.54, 1.807) is 0 Å². The second-order valence-corrected chi connectivity index (χ2v) is 23.4. The zero-order valence-electron chi connectivity index (χ0n) is 52.9. The van der Waals surface area contributed by atoms with Crippen molar-refractivity contribution in [2.24, 2.45) is 0 Å². The molecular weight excluding hydrogens is 973 g/mol. The minimum atomic E-state index is -0.796. The maximum Gasteiger partial charge on any atom is 0.306 e. The summed E-state index contributed by atoms with van der Waals surface area (Å²) in [5.74, 6) is -0.923. The lowest BCUT2D eigenvalue weighted by Gasteiger charge is -2.18. The van der Waals surface area contributed by atoms with Gasteiger partial charge in [0.05, 0.1) is 0 Å². The fourth-order valence-corrected chi connectivity index (χ4v) is 10.4. The molecule has 0 aliphatic heterocycles. The van der Waals surface area contributed by atoms with Crippen molar-refractivity contribution in [2.45, 2.75) is 374 Å². The number of carbonyl (C=O) groups excluding carboxylic acids is 3. The normalized spacial score (nSPS) is 12.4. The van der Waals surface area contributed by atoms with Crippen LogP contribution < -0.4 is 0 Å². The van der Waals surface area contributed by atoms with Crippen molar-refractivity contribution in [2.75, 3.05) is 13.2 Å². The van der Waals surface area contributed by atoms with Crippen molar-refractivity contribution in [3.05, 3.63) is 60.8 Å². The molecule has 0 rings (SSSR count). The molecule has 0 radical (unpaired) electrons. The van der Waals surface area contributed by atoms with E-state index in [4.69, 9.17) is 14.2 Å². The molecule has 0 amide bonds. The summed E-state index contributed by atoms with van der Waals surface area (Å²) in [6.07, 6.45) is 86.9. The molecule has 0 N–H and O–H groups in total. The Bertz CT molecular complexity index is 1410. The number of hydrogen-bond donors (Lipinski definition) is 0. The first-order valence-corrected chi connectivity index (χ1v) is 34.8. The predicted octanol–water partition coefficient (Wildman–Crippen LogP) is 23.9. The third kappa shape index (κ3) is 65.8. The van der Waals surface area contributed by atoms with Gasteiger partial charge in [-0.05, 0) is 57.8 Å². The van der Waals surface area contributed by atoms with Gasteiger partial charge in [-0.25, -0.2) is 0 Å². The van der Waals surface area contributed by atoms with Crippen molar-refractivity contribution in [3.8, 4) is 0 Å². The van der Waals surface area contributed by atoms with E-state index in [9.17, 15) is 14.4 Å². The second kappa shape index (κ2) is 67.6. The zero-order valence-corrected chi connectivity index (χ0v) is 52.9. The van der Waals surface area contributed by atoms with E-state index in [0.29, 0.717) is 19.3 Å². The zero-order chi connectivity index (χ0) is 57.1. The smallest absolute Gasteiger partial charge is 0.306 e. The molecular formula is C73H132O6. The molecule has 6 heteroatoms. The van der Waals surface area contributed by atoms with Crippen molar-refractivity contribution >= 4 is 17.9 Å². The van der Waals surface area contributed by atoms with Gasteiger partial charge in [-0.2, -0.15) is 0 Å². The van der Waals surface area contributed by atoms with Crippen LogP contribution in [0, 0.1) is 0 Å². The summed E-state index contributed by atoms with van der Waals surface area (Å²) in [7, 11) is 0. The minimum Gasteiger partial charge on any atom is -0.462 e. The summed E-state index contributed by atoms with van der Waals surface area (Å²) in [6.45, 7) is 6.55. The summed E-state index contributed by atoms with van der Waals surface area (Å²) in [4.78, 5) is 38.4. The van der Waals surface area contributed by atoms with E-state index in [-0.39, 0.29) is 37.5 Å². The molecule has 0 saturated heterocycles. The lowest BCUT2D eigenvalue weighted by atomic mass is 10.0. The van der Waals surface area contributed by atoms with Crippen LogP contribution in [0.2, 0.25) is 0 Å². The van der Waals surface area contributed by atoms with Crippen LogP contribution in [-0.2, 0) is 28.6 Å². The fourth-order valence-electron chi connectivity index (χ4n) is 10.4. The fraction of sp³-hybridized carbons (Fsp3) is 0.822. The van der Waals surface area contributed by atoms with Gasteiger partial charge in [0.2, 0.25) is 0 Å². The monoisotopic (exact) mass is 1110 g/mol. The first-order chi connectivity index (χ1) is 39.0. The Morgan fingerprint density at radius 1 is 0.266 bits per heavy atom. The predicted molar refractivity (Wildman–Crippen MR) is 344 cm³/mol. The molecule has 1 unspecified atom stereocenters. The molecule has 0 heterocycles. The lowest BCUT2D eigenvalue weighted by molar-refractivity contribution is -0.167. The SMILES string of the molecule is CC/C=C\C/C=C\C/C=C\C/C=C\C/C=C\CCCC(=O)OCC(COC(=O)CCCCCCCCCCCCCCCCCCCCCCCCCCCC)OC(=O)CCCCCCCCCCCCCCCCCCCC. The van der Waals surface area contributed by atoms with Crippen LogP contribution in [0.5, 0.6) is 0 Å². The Balaban J connectivity index is 4.31. The molecule has 460 valence electrons. The van der Waals surface area contributed by atoms with Crippen molar-refractivity contribution in [3.63, 3.8) is 0 Å². The van der Waals surface area contributed by atoms with Crippen LogP contribution in [-0.4, -0.2) is 37.2 Å². The first kappa shape index (κ1) is 76.1. The Hall–Kier alpha value is -2.89. The highest BCUT2D eigenvalue weighted by atomic mass is 16.6. The number of allylic oxidation sites excluding steroid dienone is 10. The molecule has 0 bridgehead atoms. The van der Waals surface area contributed by atoms with E-state index in [2.05, 4.69) is 81.5 Å². The average molecular weight is 1110 g/mol. The molecule has 0 spiro atoms. The third-order valence-corrected chi connectivity index (χ3v) is 15.5. The van der Waals surface area contributed by atoms with Gasteiger partial charge >= 0.3 is 17.9 Å². The van der Waals surface area contributed by atoms with Crippen molar-refractivity contribution in [1.82, 2.24) is 0 Å². The quantitative estimate of drug-likeness (QED) is 0.0261. The maximum atomic E-state index is 12.9. The highest BCUT2D eigenvalue weighted by Crippen LogP contribution is 2.18. The van der Waals surface area contributed by atoms with Gasteiger partial charge in [0.15, 0.2) is 6.10 Å². The molecule has 0 aliphatic rings. The molecule has 0 aromatic heterocycles. The molecule has 1 atom stereocenters. The van der Waals surface area contributed by atoms with Gasteiger partial charge in [-0.15, -0.1) is 0 Å². The van der Waals surface area contributed by atoms with Crippen molar-refractivity contribution < 1.29 is 28.6 Å². The summed E-state index contributed by atoms with van der Waals surface area (Å²) in [5.41, 5.74) is 0. The van der Waals surface area contributed by atoms with Gasteiger partial charge in [0.1, 0.15) is 13.2 Å². The Morgan fingerprint density at radius 3 is 0.772 bits per heavy atom. The van der Waals surface area contributed by atoms with Gasteiger partial charge in [-0.1, -0.05) is 351 Å². The average Bonchev–Trinajstić information content (AvgIpc) is 3.45. The number of ether oxygens (including phenoxy) is 3. The maximum absolute atomic E-state index is 12.9. The molecule has 0 aromatic rings. The number of carbonyl (C=O) groups is 3. The van der Waals surface area contributed by atoms with Crippen LogP contribution >= 0.6 is 0 Å². The Kier molecular flexibility index (Phi) is 65.1. The van der Waals surface area contributed by atoms with Crippen molar-refractivity contribution in [1.29, 1.82) is 0 Å². The van der Waals surface area contributed by atoms with Crippen LogP contribution in [0.25, 0.3) is 0 Å². The summed E-state index contributed by atoms with van der Waals surface area (Å²) in [5, 5.41) is 0. The highest BCUT2D eigenvalue weighted by molar-refractivity contribution is 5.71. The van der Waals surface area contributed by atoms with Gasteiger partial charge in [0, 0.05) is 19.3 Å². The van der Waals surface area contributed by atoms with Crippen LogP contribution in [0.1, 0.15) is 367 Å². The number of unbranched alkanes of at least 4 members (excludes halogenated alkanes) is 43.